The summed E-state index contributed by atoms with van der Waals surface area (Å²) in [4.78, 5) is 0. The van der Waals surface area contributed by atoms with Crippen LogP contribution >= 0.6 is 0 Å². The zero-order chi connectivity index (χ0) is 10.6. The molecular weight excluding hydrogens is 183 g/mol. The summed E-state index contributed by atoms with van der Waals surface area (Å²) in [5, 5.41) is 0. The van der Waals surface area contributed by atoms with Crippen molar-refractivity contribution in [2.24, 2.45) is 0 Å². The average Bonchev–Trinajstić information content (AvgIpc) is 1.97. The average molecular weight is 208 g/mol. The van der Waals surface area contributed by atoms with Crippen LogP contribution in [0.15, 0.2) is 0 Å². The molecule has 0 spiro atoms. The second-order valence-electron chi connectivity index (χ2n) is 4.67. The van der Waals surface area contributed by atoms with Crippen LogP contribution in [0.5, 0.6) is 0 Å². The third-order valence-corrected chi connectivity index (χ3v) is 9.09. The minimum absolute atomic E-state index is 0. The van der Waals surface area contributed by atoms with Crippen LogP contribution in [0.25, 0.3) is 0 Å². The molecule has 0 aliphatic rings. The SMILES string of the molecule is C[CH-]O[Si](C(C)C)(C(C)C)C(C)C.[Li+]. The normalized spacial score (nSPS) is 12.4. The minimum Gasteiger partial charge on any atom is -0.592 e. The monoisotopic (exact) mass is 208 g/mol. The van der Waals surface area contributed by atoms with E-state index in [1.54, 1.807) is 0 Å². The fourth-order valence-electron chi connectivity index (χ4n) is 2.61. The van der Waals surface area contributed by atoms with Gasteiger partial charge in [0.05, 0.1) is 0 Å². The Hall–Kier alpha value is 0.774. The molecule has 14 heavy (non-hydrogen) atoms. The molecule has 1 nitrogen and oxygen atoms in total. The van der Waals surface area contributed by atoms with E-state index in [1.807, 2.05) is 13.5 Å². The number of hydrogen-bond acceptors (Lipinski definition) is 1. The van der Waals surface area contributed by atoms with Gasteiger partial charge in [0.2, 0.25) is 0 Å². The topological polar surface area (TPSA) is 9.23 Å². The van der Waals surface area contributed by atoms with Gasteiger partial charge in [0.25, 0.3) is 0 Å². The van der Waals surface area contributed by atoms with Gasteiger partial charge in [-0.05, 0) is 16.6 Å². The van der Waals surface area contributed by atoms with E-state index in [1.165, 1.54) is 0 Å². The molecule has 0 aliphatic carbocycles. The predicted octanol–water partition coefficient (Wildman–Crippen LogP) is 1.36. The van der Waals surface area contributed by atoms with Crippen LogP contribution in [0.2, 0.25) is 16.6 Å². The van der Waals surface area contributed by atoms with Crippen LogP contribution in [0.3, 0.4) is 0 Å². The molecule has 0 rings (SSSR count). The summed E-state index contributed by atoms with van der Waals surface area (Å²) in [5.41, 5.74) is 2.05. The molecule has 0 aromatic heterocycles. The molecule has 80 valence electrons. The maximum absolute atomic E-state index is 6.03. The van der Waals surface area contributed by atoms with E-state index in [-0.39, 0.29) is 18.9 Å². The second kappa shape index (κ2) is 7.11. The van der Waals surface area contributed by atoms with E-state index >= 15 is 0 Å². The summed E-state index contributed by atoms with van der Waals surface area (Å²) in [5.74, 6) is 0. The van der Waals surface area contributed by atoms with E-state index in [0.717, 1.165) is 0 Å². The summed E-state index contributed by atoms with van der Waals surface area (Å²) in [7, 11) is -1.58. The van der Waals surface area contributed by atoms with Crippen LogP contribution in [0.4, 0.5) is 0 Å². The van der Waals surface area contributed by atoms with Crippen molar-refractivity contribution in [1.29, 1.82) is 0 Å². The predicted molar refractivity (Wildman–Crippen MR) is 62.1 cm³/mol. The maximum atomic E-state index is 6.03. The zero-order valence-electron chi connectivity index (χ0n) is 11.2. The van der Waals surface area contributed by atoms with Crippen molar-refractivity contribution in [1.82, 2.24) is 0 Å². The summed E-state index contributed by atoms with van der Waals surface area (Å²) in [6.45, 7) is 17.7. The molecule has 0 aromatic carbocycles. The molecule has 0 saturated heterocycles. The van der Waals surface area contributed by atoms with Crippen molar-refractivity contribution < 1.29 is 23.3 Å². The Balaban J connectivity index is 0. The first-order valence-electron chi connectivity index (χ1n) is 5.35. The first kappa shape index (κ1) is 17.2. The Morgan fingerprint density at radius 1 is 0.857 bits per heavy atom. The van der Waals surface area contributed by atoms with Gasteiger partial charge < -0.3 is 4.43 Å². The van der Waals surface area contributed by atoms with Gasteiger partial charge in [-0.3, -0.25) is 0 Å². The molecule has 3 heteroatoms. The molecular formula is C11H25LiOSi. The van der Waals surface area contributed by atoms with Gasteiger partial charge >= 0.3 is 18.9 Å². The van der Waals surface area contributed by atoms with Crippen LogP contribution in [0.1, 0.15) is 48.5 Å². The van der Waals surface area contributed by atoms with Crippen LogP contribution in [-0.4, -0.2) is 8.32 Å². The first-order chi connectivity index (χ1) is 5.89. The minimum atomic E-state index is -1.58. The number of rotatable bonds is 5. The molecule has 0 heterocycles. The molecule has 0 bridgehead atoms. The molecule has 0 N–H and O–H groups in total. The van der Waals surface area contributed by atoms with Gasteiger partial charge in [0, 0.05) is 0 Å². The fourth-order valence-corrected chi connectivity index (χ4v) is 7.84. The quantitative estimate of drug-likeness (QED) is 0.490. The Bertz CT molecular complexity index is 124. The van der Waals surface area contributed by atoms with Gasteiger partial charge in [-0.2, -0.15) is 6.92 Å². The first-order valence-corrected chi connectivity index (χ1v) is 7.49. The fraction of sp³-hybridized carbons (Fsp3) is 0.909. The van der Waals surface area contributed by atoms with Crippen molar-refractivity contribution in [2.45, 2.75) is 65.1 Å². The Labute approximate surface area is 103 Å². The maximum Gasteiger partial charge on any atom is 1.00 e. The van der Waals surface area contributed by atoms with Gasteiger partial charge in [0.1, 0.15) is 0 Å². The Kier molecular flexibility index (Phi) is 8.73. The van der Waals surface area contributed by atoms with Gasteiger partial charge in [-0.25, -0.2) is 6.61 Å². The van der Waals surface area contributed by atoms with Crippen LogP contribution in [-0.2, 0) is 4.43 Å². The Morgan fingerprint density at radius 3 is 1.21 bits per heavy atom. The van der Waals surface area contributed by atoms with Gasteiger partial charge in [-0.15, -0.1) is 0 Å². The third-order valence-electron chi connectivity index (χ3n) is 3.03. The molecule has 0 unspecified atom stereocenters. The summed E-state index contributed by atoms with van der Waals surface area (Å²) >= 11 is 0. The molecule has 0 radical (unpaired) electrons. The molecule has 0 saturated carbocycles. The van der Waals surface area contributed by atoms with Crippen LogP contribution < -0.4 is 18.9 Å². The van der Waals surface area contributed by atoms with E-state index < -0.39 is 8.32 Å². The van der Waals surface area contributed by atoms with E-state index in [9.17, 15) is 0 Å². The summed E-state index contributed by atoms with van der Waals surface area (Å²) in [6, 6.07) is 0. The van der Waals surface area contributed by atoms with Crippen molar-refractivity contribution in [3.8, 4) is 0 Å². The Morgan fingerprint density at radius 2 is 1.14 bits per heavy atom. The van der Waals surface area contributed by atoms with E-state index in [0.29, 0.717) is 16.6 Å². The smallest absolute Gasteiger partial charge is 0.592 e. The molecule has 0 aliphatic heterocycles. The van der Waals surface area contributed by atoms with Crippen molar-refractivity contribution >= 4 is 8.32 Å². The summed E-state index contributed by atoms with van der Waals surface area (Å²) < 4.78 is 6.03. The number of hydrogen-bond donors (Lipinski definition) is 0. The molecule has 0 atom stereocenters. The molecule has 0 fully saturated rings. The standard InChI is InChI=1S/C11H25OSi.Li/c1-8-12-13(9(2)3,10(4)5)11(6)7;/h8-11H,1-7H3;/q-1;+1. The van der Waals surface area contributed by atoms with Crippen molar-refractivity contribution in [3.63, 3.8) is 0 Å². The van der Waals surface area contributed by atoms with E-state index in [2.05, 4.69) is 41.5 Å². The third kappa shape index (κ3) is 3.41. The molecule has 0 aromatic rings. The summed E-state index contributed by atoms with van der Waals surface area (Å²) in [6.07, 6.45) is 0. The van der Waals surface area contributed by atoms with Gasteiger partial charge in [0.15, 0.2) is 8.32 Å². The van der Waals surface area contributed by atoms with Gasteiger partial charge in [-0.1, -0.05) is 41.5 Å². The van der Waals surface area contributed by atoms with E-state index in [4.69, 9.17) is 4.43 Å². The van der Waals surface area contributed by atoms with Crippen molar-refractivity contribution in [3.05, 3.63) is 6.61 Å². The van der Waals surface area contributed by atoms with Crippen LogP contribution in [0, 0.1) is 6.61 Å². The molecule has 0 amide bonds. The van der Waals surface area contributed by atoms with Crippen molar-refractivity contribution in [2.75, 3.05) is 0 Å². The largest absolute Gasteiger partial charge is 1.00 e. The zero-order valence-corrected chi connectivity index (χ0v) is 12.2. The second-order valence-corrected chi connectivity index (χ2v) is 10.1.